The van der Waals surface area contributed by atoms with Gasteiger partial charge in [-0.3, -0.25) is 9.69 Å². The van der Waals surface area contributed by atoms with Gasteiger partial charge in [-0.25, -0.2) is 13.8 Å². The van der Waals surface area contributed by atoms with Crippen molar-refractivity contribution in [2.24, 2.45) is 11.7 Å². The van der Waals surface area contributed by atoms with Gasteiger partial charge in [0.1, 0.15) is 17.5 Å². The van der Waals surface area contributed by atoms with Gasteiger partial charge in [0.2, 0.25) is 0 Å². The second kappa shape index (κ2) is 11.3. The Morgan fingerprint density at radius 1 is 1.06 bits per heavy atom. The maximum Gasteiger partial charge on any atom is 0.252 e. The first kappa shape index (κ1) is 25.4. The molecular weight excluding hydrogens is 462 g/mol. The maximum absolute atomic E-state index is 14.0. The van der Waals surface area contributed by atoms with Crippen LogP contribution in [0.2, 0.25) is 0 Å². The molecule has 0 bridgehead atoms. The van der Waals surface area contributed by atoms with Crippen LogP contribution in [-0.4, -0.2) is 48.5 Å². The Labute approximate surface area is 210 Å². The highest BCUT2D eigenvalue weighted by Crippen LogP contribution is 2.25. The summed E-state index contributed by atoms with van der Waals surface area (Å²) < 4.78 is 28.0. The summed E-state index contributed by atoms with van der Waals surface area (Å²) in [4.78, 5) is 21.0. The highest BCUT2D eigenvalue weighted by Gasteiger charge is 2.18. The van der Waals surface area contributed by atoms with E-state index < -0.39 is 17.5 Å². The first-order valence-corrected chi connectivity index (χ1v) is 12.1. The van der Waals surface area contributed by atoms with Crippen molar-refractivity contribution in [2.75, 3.05) is 48.3 Å². The van der Waals surface area contributed by atoms with Crippen molar-refractivity contribution in [3.8, 4) is 0 Å². The number of halogens is 2. The summed E-state index contributed by atoms with van der Waals surface area (Å²) in [6.45, 7) is 9.57. The van der Waals surface area contributed by atoms with Gasteiger partial charge < -0.3 is 21.3 Å². The minimum atomic E-state index is -0.691. The molecule has 2 aromatic carbocycles. The Morgan fingerprint density at radius 3 is 2.33 bits per heavy atom. The standard InChI is InChI=1S/C27H32F2N6O/c1-18(2)17-34-10-12-35(13-11-34)20-8-6-19(7-9-20)33-26-14-25(22(16-32-26)27(30)36)31-15-21-23(28)4-3-5-24(21)29/h3-9,14,16,18H,10-13,15,17H2,1-2H3,(H2,30,36)(H2,31,32,33). The highest BCUT2D eigenvalue weighted by molar-refractivity contribution is 5.98. The number of carbonyl (C=O) groups is 1. The molecule has 1 aliphatic heterocycles. The van der Waals surface area contributed by atoms with Gasteiger partial charge in [0, 0.05) is 68.5 Å². The number of piperazine rings is 1. The zero-order valence-corrected chi connectivity index (χ0v) is 20.6. The molecule has 1 amide bonds. The van der Waals surface area contributed by atoms with Crippen molar-refractivity contribution < 1.29 is 13.6 Å². The molecule has 0 unspecified atom stereocenters. The van der Waals surface area contributed by atoms with Crippen molar-refractivity contribution in [2.45, 2.75) is 20.4 Å². The van der Waals surface area contributed by atoms with Gasteiger partial charge in [-0.2, -0.15) is 0 Å². The number of primary amides is 1. The van der Waals surface area contributed by atoms with E-state index in [0.717, 1.165) is 44.1 Å². The molecule has 4 rings (SSSR count). The molecule has 1 aliphatic rings. The van der Waals surface area contributed by atoms with E-state index in [1.165, 1.54) is 24.4 Å². The molecule has 1 saturated heterocycles. The lowest BCUT2D eigenvalue weighted by atomic mass is 10.1. The third kappa shape index (κ3) is 6.28. The number of aromatic nitrogens is 1. The Hall–Kier alpha value is -3.72. The summed E-state index contributed by atoms with van der Waals surface area (Å²) in [5.74, 6) is -0.896. The third-order valence-corrected chi connectivity index (χ3v) is 6.19. The van der Waals surface area contributed by atoms with Crippen molar-refractivity contribution >= 4 is 28.8 Å². The SMILES string of the molecule is CC(C)CN1CCN(c2ccc(Nc3cc(NCc4c(F)cccc4F)c(C(N)=O)cn3)cc2)CC1. The molecule has 4 N–H and O–H groups in total. The van der Waals surface area contributed by atoms with E-state index in [1.54, 1.807) is 6.07 Å². The Bertz CT molecular complexity index is 1170. The van der Waals surface area contributed by atoms with Gasteiger partial charge in [0.15, 0.2) is 0 Å². The molecule has 1 aromatic heterocycles. The number of amides is 1. The first-order valence-electron chi connectivity index (χ1n) is 12.1. The minimum Gasteiger partial charge on any atom is -0.380 e. The summed E-state index contributed by atoms with van der Waals surface area (Å²) in [5.41, 5.74) is 7.79. The molecule has 0 atom stereocenters. The summed E-state index contributed by atoms with van der Waals surface area (Å²) in [7, 11) is 0. The van der Waals surface area contributed by atoms with Gasteiger partial charge in [-0.05, 0) is 42.3 Å². The van der Waals surface area contributed by atoms with E-state index in [9.17, 15) is 13.6 Å². The van der Waals surface area contributed by atoms with Crippen LogP contribution in [0, 0.1) is 17.6 Å². The van der Waals surface area contributed by atoms with Crippen LogP contribution in [0.3, 0.4) is 0 Å². The van der Waals surface area contributed by atoms with Crippen LogP contribution >= 0.6 is 0 Å². The minimum absolute atomic E-state index is 0.125. The average molecular weight is 495 g/mol. The van der Waals surface area contributed by atoms with Gasteiger partial charge >= 0.3 is 0 Å². The van der Waals surface area contributed by atoms with Crippen LogP contribution in [0.4, 0.5) is 31.7 Å². The smallest absolute Gasteiger partial charge is 0.252 e. The van der Waals surface area contributed by atoms with Crippen LogP contribution in [0.25, 0.3) is 0 Å². The summed E-state index contributed by atoms with van der Waals surface area (Å²) in [6, 6.07) is 13.4. The van der Waals surface area contributed by atoms with E-state index in [-0.39, 0.29) is 17.7 Å². The molecule has 7 nitrogen and oxygen atoms in total. The van der Waals surface area contributed by atoms with E-state index in [0.29, 0.717) is 17.4 Å². The van der Waals surface area contributed by atoms with Crippen molar-refractivity contribution in [3.05, 3.63) is 77.5 Å². The van der Waals surface area contributed by atoms with Gasteiger partial charge in [0.05, 0.1) is 11.3 Å². The zero-order valence-electron chi connectivity index (χ0n) is 20.6. The second-order valence-corrected chi connectivity index (χ2v) is 9.39. The largest absolute Gasteiger partial charge is 0.380 e. The van der Waals surface area contributed by atoms with Crippen LogP contribution in [0.1, 0.15) is 29.8 Å². The zero-order chi connectivity index (χ0) is 25.7. The number of carbonyl (C=O) groups excluding carboxylic acids is 1. The predicted molar refractivity (Wildman–Crippen MR) is 140 cm³/mol. The fraction of sp³-hybridized carbons (Fsp3) is 0.333. The second-order valence-electron chi connectivity index (χ2n) is 9.39. The van der Waals surface area contributed by atoms with Crippen molar-refractivity contribution in [1.29, 1.82) is 0 Å². The van der Waals surface area contributed by atoms with Gasteiger partial charge in [0.25, 0.3) is 5.91 Å². The van der Waals surface area contributed by atoms with Crippen molar-refractivity contribution in [3.63, 3.8) is 0 Å². The molecule has 36 heavy (non-hydrogen) atoms. The van der Waals surface area contributed by atoms with E-state index >= 15 is 0 Å². The number of anilines is 4. The number of nitrogens with zero attached hydrogens (tertiary/aromatic N) is 3. The van der Waals surface area contributed by atoms with E-state index in [4.69, 9.17) is 5.73 Å². The average Bonchev–Trinajstić information content (AvgIpc) is 2.84. The number of nitrogens with two attached hydrogens (primary N) is 1. The number of hydrogen-bond donors (Lipinski definition) is 3. The molecule has 0 radical (unpaired) electrons. The number of pyridine rings is 1. The molecule has 0 spiro atoms. The summed E-state index contributed by atoms with van der Waals surface area (Å²) in [5, 5.41) is 6.13. The number of benzene rings is 2. The number of hydrogen-bond acceptors (Lipinski definition) is 6. The normalized spacial score (nSPS) is 14.2. The molecule has 0 saturated carbocycles. The van der Waals surface area contributed by atoms with Crippen LogP contribution in [0.5, 0.6) is 0 Å². The van der Waals surface area contributed by atoms with E-state index in [1.807, 2.05) is 12.1 Å². The quantitative estimate of drug-likeness (QED) is 0.403. The summed E-state index contributed by atoms with van der Waals surface area (Å²) >= 11 is 0. The molecule has 9 heteroatoms. The lowest BCUT2D eigenvalue weighted by molar-refractivity contribution is 0.100. The highest BCUT2D eigenvalue weighted by atomic mass is 19.1. The number of nitrogens with one attached hydrogen (secondary N) is 2. The molecule has 1 fully saturated rings. The predicted octanol–water partition coefficient (Wildman–Crippen LogP) is 4.59. The fourth-order valence-corrected chi connectivity index (χ4v) is 4.36. The fourth-order valence-electron chi connectivity index (χ4n) is 4.36. The lowest BCUT2D eigenvalue weighted by Gasteiger charge is -2.36. The summed E-state index contributed by atoms with van der Waals surface area (Å²) in [6.07, 6.45) is 1.34. The number of rotatable bonds is 9. The Kier molecular flexibility index (Phi) is 8.00. The van der Waals surface area contributed by atoms with Gasteiger partial charge in [-0.15, -0.1) is 0 Å². The molecule has 0 aliphatic carbocycles. The topological polar surface area (TPSA) is 86.5 Å². The third-order valence-electron chi connectivity index (χ3n) is 6.19. The van der Waals surface area contributed by atoms with Crippen LogP contribution in [-0.2, 0) is 6.54 Å². The Balaban J connectivity index is 1.42. The molecule has 3 aromatic rings. The molecular formula is C27H32F2N6O. The van der Waals surface area contributed by atoms with E-state index in [2.05, 4.69) is 51.4 Å². The lowest BCUT2D eigenvalue weighted by Crippen LogP contribution is -2.47. The monoisotopic (exact) mass is 494 g/mol. The first-order chi connectivity index (χ1) is 17.3. The van der Waals surface area contributed by atoms with Crippen LogP contribution in [0.15, 0.2) is 54.7 Å². The van der Waals surface area contributed by atoms with Crippen LogP contribution < -0.4 is 21.3 Å². The molecule has 2 heterocycles. The molecule has 190 valence electrons. The van der Waals surface area contributed by atoms with Gasteiger partial charge in [-0.1, -0.05) is 19.9 Å². The maximum atomic E-state index is 14.0. The van der Waals surface area contributed by atoms with Crippen molar-refractivity contribution in [1.82, 2.24) is 9.88 Å². The Morgan fingerprint density at radius 2 is 1.72 bits per heavy atom.